The van der Waals surface area contributed by atoms with Gasteiger partial charge in [-0.2, -0.15) is 0 Å². The van der Waals surface area contributed by atoms with Crippen LogP contribution in [0.2, 0.25) is 0 Å². The summed E-state index contributed by atoms with van der Waals surface area (Å²) in [5, 5.41) is 0. The van der Waals surface area contributed by atoms with Crippen molar-refractivity contribution in [3.05, 3.63) is 71.8 Å². The van der Waals surface area contributed by atoms with E-state index in [0.29, 0.717) is 0 Å². The number of hydrogen-bond donors (Lipinski definition) is 0. The van der Waals surface area contributed by atoms with Gasteiger partial charge in [-0.3, -0.25) is 0 Å². The third kappa shape index (κ3) is 6.22. The maximum Gasteiger partial charge on any atom is -0.0131 e. The van der Waals surface area contributed by atoms with Gasteiger partial charge < -0.3 is 0 Å². The van der Waals surface area contributed by atoms with Gasteiger partial charge in [-0.15, -0.1) is 0 Å². The van der Waals surface area contributed by atoms with E-state index in [-0.39, 0.29) is 0 Å². The largest absolute Gasteiger partial charge is 0.0625 e. The molecule has 2 aromatic rings. The molecule has 0 N–H and O–H groups in total. The lowest BCUT2D eigenvalue weighted by molar-refractivity contribution is 0.238. The normalized spacial score (nSPS) is 26.9. The maximum absolute atomic E-state index is 2.38. The summed E-state index contributed by atoms with van der Waals surface area (Å²) in [5.41, 5.74) is 3.13. The molecule has 4 atom stereocenters. The summed E-state index contributed by atoms with van der Waals surface area (Å²) >= 11 is 0. The van der Waals surface area contributed by atoms with Crippen molar-refractivity contribution in [3.8, 4) is 0 Å². The second-order valence-electron chi connectivity index (χ2n) is 10.4. The van der Waals surface area contributed by atoms with Crippen LogP contribution in [-0.2, 0) is 0 Å². The summed E-state index contributed by atoms with van der Waals surface area (Å²) in [5.74, 6) is 5.10. The smallest absolute Gasteiger partial charge is 0.0131 e. The van der Waals surface area contributed by atoms with Crippen molar-refractivity contribution in [2.75, 3.05) is 0 Å². The Morgan fingerprint density at radius 2 is 0.833 bits per heavy atom. The fourth-order valence-corrected chi connectivity index (χ4v) is 6.14. The van der Waals surface area contributed by atoms with Crippen molar-refractivity contribution in [3.63, 3.8) is 0 Å². The Kier molecular flexibility index (Phi) is 9.04. The Morgan fingerprint density at radius 3 is 1.17 bits per heavy atom. The van der Waals surface area contributed by atoms with Gasteiger partial charge >= 0.3 is 0 Å². The van der Waals surface area contributed by atoms with E-state index in [0.717, 1.165) is 35.5 Å². The van der Waals surface area contributed by atoms with Crippen LogP contribution in [0.15, 0.2) is 60.7 Å². The fourth-order valence-electron chi connectivity index (χ4n) is 6.14. The first-order valence-electron chi connectivity index (χ1n) is 12.7. The van der Waals surface area contributed by atoms with Crippen LogP contribution in [0.5, 0.6) is 0 Å². The summed E-state index contributed by atoms with van der Waals surface area (Å²) in [6.07, 6.45) is 11.4. The molecule has 2 aliphatic rings. The summed E-state index contributed by atoms with van der Waals surface area (Å²) in [6.45, 7) is 9.52. The molecule has 0 aliphatic heterocycles. The van der Waals surface area contributed by atoms with Gasteiger partial charge in [0, 0.05) is 0 Å². The van der Waals surface area contributed by atoms with E-state index in [2.05, 4.69) is 88.4 Å². The monoisotopic (exact) mass is 404 g/mol. The van der Waals surface area contributed by atoms with Crippen LogP contribution < -0.4 is 0 Å². The Bertz CT molecular complexity index is 636. The summed E-state index contributed by atoms with van der Waals surface area (Å²) in [4.78, 5) is 0. The molecule has 0 heterocycles. The molecule has 4 rings (SSSR count). The minimum atomic E-state index is 0.819. The highest BCUT2D eigenvalue weighted by Crippen LogP contribution is 2.42. The predicted molar refractivity (Wildman–Crippen MR) is 132 cm³/mol. The Hall–Kier alpha value is -1.56. The van der Waals surface area contributed by atoms with Gasteiger partial charge in [0.25, 0.3) is 0 Å². The molecule has 0 nitrogen and oxygen atoms in total. The second-order valence-corrected chi connectivity index (χ2v) is 10.4. The average Bonchev–Trinajstić information content (AvgIpc) is 2.80. The maximum atomic E-state index is 2.38. The van der Waals surface area contributed by atoms with Crippen molar-refractivity contribution in [1.29, 1.82) is 0 Å². The van der Waals surface area contributed by atoms with Crippen LogP contribution in [0.25, 0.3) is 0 Å². The van der Waals surface area contributed by atoms with Gasteiger partial charge in [-0.1, -0.05) is 114 Å². The molecule has 0 bridgehead atoms. The first kappa shape index (κ1) is 23.1. The fraction of sp³-hybridized carbons (Fsp3) is 0.600. The van der Waals surface area contributed by atoms with Crippen molar-refractivity contribution in [1.82, 2.24) is 0 Å². The van der Waals surface area contributed by atoms with Crippen molar-refractivity contribution < 1.29 is 0 Å². The van der Waals surface area contributed by atoms with E-state index in [4.69, 9.17) is 0 Å². The van der Waals surface area contributed by atoms with Crippen LogP contribution in [0.1, 0.15) is 102 Å². The van der Waals surface area contributed by atoms with Crippen LogP contribution in [0, 0.1) is 23.7 Å². The van der Waals surface area contributed by atoms with Crippen LogP contribution in [-0.4, -0.2) is 0 Å². The lowest BCUT2D eigenvalue weighted by atomic mass is 9.71. The molecule has 0 radical (unpaired) electrons. The summed E-state index contributed by atoms with van der Waals surface area (Å²) in [6, 6.07) is 22.2. The van der Waals surface area contributed by atoms with Crippen molar-refractivity contribution in [2.24, 2.45) is 23.7 Å². The molecule has 2 saturated carbocycles. The van der Waals surface area contributed by atoms with Gasteiger partial charge in [-0.05, 0) is 72.3 Å². The van der Waals surface area contributed by atoms with E-state index in [1.165, 1.54) is 51.4 Å². The molecule has 164 valence electrons. The van der Waals surface area contributed by atoms with Gasteiger partial charge in [0.15, 0.2) is 0 Å². The number of rotatable bonds is 4. The van der Waals surface area contributed by atoms with Gasteiger partial charge in [0.05, 0.1) is 0 Å². The number of hydrogen-bond acceptors (Lipinski definition) is 0. The summed E-state index contributed by atoms with van der Waals surface area (Å²) in [7, 11) is 0. The standard InChI is InChI=1S/2C15H22/c2*1-12(2)14-10-6-7-11-15(14)13-8-4-3-5-9-13/h2*3-5,8-9,12,14-15H,6-7,10-11H2,1-2H3/t2*14-,15?/m10/s1. The summed E-state index contributed by atoms with van der Waals surface area (Å²) < 4.78 is 0. The molecular weight excluding hydrogens is 360 g/mol. The predicted octanol–water partition coefficient (Wildman–Crippen LogP) is 9.23. The van der Waals surface area contributed by atoms with Crippen LogP contribution in [0.3, 0.4) is 0 Å². The Balaban J connectivity index is 0.000000171. The molecule has 0 aromatic heterocycles. The van der Waals surface area contributed by atoms with Gasteiger partial charge in [0.1, 0.15) is 0 Å². The van der Waals surface area contributed by atoms with Gasteiger partial charge in [-0.25, -0.2) is 0 Å². The van der Waals surface area contributed by atoms with Gasteiger partial charge in [0.2, 0.25) is 0 Å². The highest BCUT2D eigenvalue weighted by atomic mass is 14.3. The molecule has 0 heteroatoms. The highest BCUT2D eigenvalue weighted by molar-refractivity contribution is 5.22. The molecule has 30 heavy (non-hydrogen) atoms. The molecule has 0 amide bonds. The molecular formula is C30H44. The zero-order valence-electron chi connectivity index (χ0n) is 19.9. The van der Waals surface area contributed by atoms with Crippen LogP contribution >= 0.6 is 0 Å². The SMILES string of the molecule is CC(C)[C@@H]1CCCCC1c1ccccc1.CC(C)[C@H]1CCCCC1c1ccccc1. The van der Waals surface area contributed by atoms with E-state index < -0.39 is 0 Å². The first-order chi connectivity index (χ1) is 14.6. The van der Waals surface area contributed by atoms with E-state index in [1.54, 1.807) is 11.1 Å². The molecule has 0 saturated heterocycles. The zero-order valence-corrected chi connectivity index (χ0v) is 19.9. The third-order valence-corrected chi connectivity index (χ3v) is 7.81. The molecule has 2 fully saturated rings. The Morgan fingerprint density at radius 1 is 0.500 bits per heavy atom. The molecule has 2 aliphatic carbocycles. The Labute approximate surface area is 186 Å². The third-order valence-electron chi connectivity index (χ3n) is 7.81. The quantitative estimate of drug-likeness (QED) is 0.476. The molecule has 2 unspecified atom stereocenters. The molecule has 2 aromatic carbocycles. The lowest BCUT2D eigenvalue weighted by Gasteiger charge is -2.34. The zero-order chi connectivity index (χ0) is 21.3. The second kappa shape index (κ2) is 11.7. The molecule has 0 spiro atoms. The average molecular weight is 405 g/mol. The number of benzene rings is 2. The van der Waals surface area contributed by atoms with Crippen molar-refractivity contribution >= 4 is 0 Å². The van der Waals surface area contributed by atoms with E-state index >= 15 is 0 Å². The lowest BCUT2D eigenvalue weighted by Crippen LogP contribution is -2.22. The first-order valence-corrected chi connectivity index (χ1v) is 12.7. The van der Waals surface area contributed by atoms with E-state index in [1.807, 2.05) is 0 Å². The topological polar surface area (TPSA) is 0 Å². The van der Waals surface area contributed by atoms with Crippen LogP contribution in [0.4, 0.5) is 0 Å². The minimum absolute atomic E-state index is 0.819. The highest BCUT2D eigenvalue weighted by Gasteiger charge is 2.29. The van der Waals surface area contributed by atoms with E-state index in [9.17, 15) is 0 Å². The minimum Gasteiger partial charge on any atom is -0.0625 e. The van der Waals surface area contributed by atoms with Crippen molar-refractivity contribution in [2.45, 2.75) is 90.9 Å².